The van der Waals surface area contributed by atoms with E-state index in [4.69, 9.17) is 0 Å². The molecule has 3 heteroatoms. The van der Waals surface area contributed by atoms with E-state index >= 15 is 0 Å². The van der Waals surface area contributed by atoms with Gasteiger partial charge in [-0.2, -0.15) is 0 Å². The molecule has 0 aliphatic carbocycles. The third kappa shape index (κ3) is 1.97. The second kappa shape index (κ2) is 3.73. The Morgan fingerprint density at radius 1 is 1.46 bits per heavy atom. The summed E-state index contributed by atoms with van der Waals surface area (Å²) in [5.41, 5.74) is 1.36. The summed E-state index contributed by atoms with van der Waals surface area (Å²) in [5, 5.41) is 2.94. The van der Waals surface area contributed by atoms with E-state index in [0.29, 0.717) is 5.69 Å². The second-order valence-electron chi connectivity index (χ2n) is 3.43. The molecule has 0 aliphatic heterocycles. The van der Waals surface area contributed by atoms with Gasteiger partial charge < -0.3 is 5.32 Å². The number of hydrogen-bond acceptors (Lipinski definition) is 2. The van der Waals surface area contributed by atoms with Crippen LogP contribution in [-0.2, 0) is 0 Å². The van der Waals surface area contributed by atoms with E-state index in [1.165, 1.54) is 6.07 Å². The number of halogens is 1. The lowest BCUT2D eigenvalue weighted by Gasteiger charge is -2.10. The molecule has 1 rings (SSSR count). The zero-order valence-electron chi connectivity index (χ0n) is 8.48. The summed E-state index contributed by atoms with van der Waals surface area (Å²) in [5.74, 6) is 0.657. The largest absolute Gasteiger partial charge is 0.373 e. The fourth-order valence-corrected chi connectivity index (χ4v) is 1.25. The molecule has 0 atom stereocenters. The third-order valence-electron chi connectivity index (χ3n) is 1.98. The molecule has 0 radical (unpaired) electrons. The van der Waals surface area contributed by atoms with Crippen molar-refractivity contribution in [1.29, 1.82) is 0 Å². The summed E-state index contributed by atoms with van der Waals surface area (Å²) in [6, 6.07) is 1.52. The van der Waals surface area contributed by atoms with Gasteiger partial charge in [-0.25, -0.2) is 9.37 Å². The standard InChI is InChI=1S/C10H15FN2/c1-6(2)9-8(11)5-7(3)10(12-4)13-9/h5-6H,1-4H3,(H,12,13). The van der Waals surface area contributed by atoms with Crippen LogP contribution in [-0.4, -0.2) is 12.0 Å². The van der Waals surface area contributed by atoms with Gasteiger partial charge in [-0.15, -0.1) is 0 Å². The van der Waals surface area contributed by atoms with Gasteiger partial charge in [0.2, 0.25) is 0 Å². The Labute approximate surface area is 78.2 Å². The first-order valence-electron chi connectivity index (χ1n) is 4.41. The summed E-state index contributed by atoms with van der Waals surface area (Å²) in [7, 11) is 1.79. The quantitative estimate of drug-likeness (QED) is 0.760. The summed E-state index contributed by atoms with van der Waals surface area (Å²) in [6.45, 7) is 5.70. The number of nitrogens with zero attached hydrogens (tertiary/aromatic N) is 1. The zero-order valence-corrected chi connectivity index (χ0v) is 8.48. The monoisotopic (exact) mass is 182 g/mol. The van der Waals surface area contributed by atoms with Gasteiger partial charge in [-0.1, -0.05) is 13.8 Å². The molecule has 72 valence electrons. The van der Waals surface area contributed by atoms with Gasteiger partial charge in [0, 0.05) is 7.05 Å². The van der Waals surface area contributed by atoms with Gasteiger partial charge >= 0.3 is 0 Å². The van der Waals surface area contributed by atoms with Gasteiger partial charge in [0.1, 0.15) is 11.6 Å². The van der Waals surface area contributed by atoms with Crippen LogP contribution in [0.15, 0.2) is 6.07 Å². The Bertz CT molecular complexity index is 308. The fourth-order valence-electron chi connectivity index (χ4n) is 1.25. The fraction of sp³-hybridized carbons (Fsp3) is 0.500. The van der Waals surface area contributed by atoms with Crippen molar-refractivity contribution in [3.63, 3.8) is 0 Å². The maximum absolute atomic E-state index is 13.3. The van der Waals surface area contributed by atoms with Crippen molar-refractivity contribution in [2.45, 2.75) is 26.7 Å². The van der Waals surface area contributed by atoms with E-state index in [2.05, 4.69) is 10.3 Å². The van der Waals surface area contributed by atoms with Gasteiger partial charge in [0.15, 0.2) is 0 Å². The highest BCUT2D eigenvalue weighted by atomic mass is 19.1. The molecular weight excluding hydrogens is 167 g/mol. The predicted molar refractivity (Wildman–Crippen MR) is 52.6 cm³/mol. The molecule has 1 heterocycles. The topological polar surface area (TPSA) is 24.9 Å². The summed E-state index contributed by atoms with van der Waals surface area (Å²) in [6.07, 6.45) is 0. The molecule has 1 aromatic rings. The summed E-state index contributed by atoms with van der Waals surface area (Å²) < 4.78 is 13.3. The van der Waals surface area contributed by atoms with E-state index < -0.39 is 0 Å². The average molecular weight is 182 g/mol. The van der Waals surface area contributed by atoms with Crippen LogP contribution in [0.1, 0.15) is 31.0 Å². The highest BCUT2D eigenvalue weighted by Crippen LogP contribution is 2.21. The van der Waals surface area contributed by atoms with Crippen LogP contribution in [0.2, 0.25) is 0 Å². The minimum Gasteiger partial charge on any atom is -0.373 e. The van der Waals surface area contributed by atoms with Crippen LogP contribution in [0, 0.1) is 12.7 Å². The predicted octanol–water partition coefficient (Wildman–Crippen LogP) is 2.69. The van der Waals surface area contributed by atoms with Crippen LogP contribution in [0.5, 0.6) is 0 Å². The second-order valence-corrected chi connectivity index (χ2v) is 3.43. The number of hydrogen-bond donors (Lipinski definition) is 1. The summed E-state index contributed by atoms with van der Waals surface area (Å²) in [4.78, 5) is 4.20. The average Bonchev–Trinajstić information content (AvgIpc) is 2.03. The molecule has 1 N–H and O–H groups in total. The van der Waals surface area contributed by atoms with E-state index in [1.807, 2.05) is 20.8 Å². The van der Waals surface area contributed by atoms with Gasteiger partial charge in [-0.05, 0) is 24.5 Å². The molecule has 0 unspecified atom stereocenters. The number of aromatic nitrogens is 1. The van der Waals surface area contributed by atoms with Crippen molar-refractivity contribution < 1.29 is 4.39 Å². The molecule has 0 bridgehead atoms. The third-order valence-corrected chi connectivity index (χ3v) is 1.98. The van der Waals surface area contributed by atoms with Crippen molar-refractivity contribution in [2.75, 3.05) is 12.4 Å². The van der Waals surface area contributed by atoms with Gasteiger partial charge in [-0.3, -0.25) is 0 Å². The molecule has 0 aliphatic rings. The van der Waals surface area contributed by atoms with Gasteiger partial charge in [0.05, 0.1) is 5.69 Å². The Balaban J connectivity index is 3.22. The first kappa shape index (κ1) is 9.96. The van der Waals surface area contributed by atoms with Crippen molar-refractivity contribution in [1.82, 2.24) is 4.98 Å². The van der Waals surface area contributed by atoms with E-state index in [0.717, 1.165) is 11.4 Å². The van der Waals surface area contributed by atoms with Gasteiger partial charge in [0.25, 0.3) is 0 Å². The lowest BCUT2D eigenvalue weighted by atomic mass is 10.1. The smallest absolute Gasteiger partial charge is 0.145 e. The molecule has 0 fully saturated rings. The molecule has 0 amide bonds. The highest BCUT2D eigenvalue weighted by Gasteiger charge is 2.10. The van der Waals surface area contributed by atoms with Crippen molar-refractivity contribution in [3.8, 4) is 0 Å². The number of anilines is 1. The highest BCUT2D eigenvalue weighted by molar-refractivity contribution is 5.44. The maximum Gasteiger partial charge on any atom is 0.145 e. The molecule has 0 saturated heterocycles. The Hall–Kier alpha value is -1.12. The molecule has 0 saturated carbocycles. The minimum atomic E-state index is -0.216. The van der Waals surface area contributed by atoms with Crippen LogP contribution >= 0.6 is 0 Å². The van der Waals surface area contributed by atoms with Crippen LogP contribution in [0.4, 0.5) is 10.2 Å². The molecule has 1 aromatic heterocycles. The molecule has 13 heavy (non-hydrogen) atoms. The molecular formula is C10H15FN2. The van der Waals surface area contributed by atoms with E-state index in [9.17, 15) is 4.39 Å². The SMILES string of the molecule is CNc1nc(C(C)C)c(F)cc1C. The van der Waals surface area contributed by atoms with Crippen molar-refractivity contribution >= 4 is 5.82 Å². The number of rotatable bonds is 2. The summed E-state index contributed by atoms with van der Waals surface area (Å²) >= 11 is 0. The van der Waals surface area contributed by atoms with E-state index in [-0.39, 0.29) is 11.7 Å². The molecule has 2 nitrogen and oxygen atoms in total. The molecule has 0 aromatic carbocycles. The first-order valence-corrected chi connectivity index (χ1v) is 4.41. The number of pyridine rings is 1. The van der Waals surface area contributed by atoms with Crippen molar-refractivity contribution in [2.24, 2.45) is 0 Å². The normalized spacial score (nSPS) is 10.6. The van der Waals surface area contributed by atoms with Crippen LogP contribution in [0.25, 0.3) is 0 Å². The number of nitrogens with one attached hydrogen (secondary N) is 1. The van der Waals surface area contributed by atoms with Crippen molar-refractivity contribution in [3.05, 3.63) is 23.1 Å². The lowest BCUT2D eigenvalue weighted by molar-refractivity contribution is 0.584. The van der Waals surface area contributed by atoms with Crippen LogP contribution in [0.3, 0.4) is 0 Å². The number of aryl methyl sites for hydroxylation is 1. The minimum absolute atomic E-state index is 0.118. The lowest BCUT2D eigenvalue weighted by Crippen LogP contribution is -2.03. The Kier molecular flexibility index (Phi) is 2.86. The Morgan fingerprint density at radius 2 is 2.08 bits per heavy atom. The first-order chi connectivity index (χ1) is 6.06. The maximum atomic E-state index is 13.3. The molecule has 0 spiro atoms. The van der Waals surface area contributed by atoms with E-state index in [1.54, 1.807) is 7.05 Å². The Morgan fingerprint density at radius 3 is 2.54 bits per heavy atom. The van der Waals surface area contributed by atoms with Crippen LogP contribution < -0.4 is 5.32 Å². The zero-order chi connectivity index (χ0) is 10.0.